The normalized spacial score (nSPS) is 18.2. The van der Waals surface area contributed by atoms with Crippen LogP contribution in [0.2, 0.25) is 0 Å². The van der Waals surface area contributed by atoms with Gasteiger partial charge in [0.1, 0.15) is 5.03 Å². The number of carbonyl (C=O) groups is 1. The van der Waals surface area contributed by atoms with Gasteiger partial charge in [-0.1, -0.05) is 47.7 Å². The summed E-state index contributed by atoms with van der Waals surface area (Å²) in [6, 6.07) is 18.2. The number of hydrogen-bond acceptors (Lipinski definition) is 5. The van der Waals surface area contributed by atoms with Gasteiger partial charge in [0, 0.05) is 36.2 Å². The highest BCUT2D eigenvalue weighted by atomic mass is 32.2. The molecule has 0 aliphatic carbocycles. The molecule has 0 unspecified atom stereocenters. The molecule has 154 valence electrons. The summed E-state index contributed by atoms with van der Waals surface area (Å²) >= 11 is 1.58. The highest BCUT2D eigenvalue weighted by Crippen LogP contribution is 2.34. The minimum Gasteiger partial charge on any atom is -0.347 e. The number of ether oxygens (including phenoxy) is 2. The number of aromatic nitrogens is 1. The summed E-state index contributed by atoms with van der Waals surface area (Å²) in [5.74, 6) is -0.434. The maximum Gasteiger partial charge on any atom is 0.254 e. The molecule has 3 heterocycles. The second-order valence-corrected chi connectivity index (χ2v) is 8.93. The third kappa shape index (κ3) is 3.83. The Bertz CT molecular complexity index is 1070. The summed E-state index contributed by atoms with van der Waals surface area (Å²) in [6.07, 6.45) is 1.43. The van der Waals surface area contributed by atoms with E-state index in [-0.39, 0.29) is 5.91 Å². The van der Waals surface area contributed by atoms with Crippen LogP contribution in [-0.4, -0.2) is 47.9 Å². The van der Waals surface area contributed by atoms with Gasteiger partial charge in [-0.3, -0.25) is 4.79 Å². The van der Waals surface area contributed by atoms with E-state index < -0.39 is 5.79 Å². The molecule has 0 saturated carbocycles. The zero-order chi connectivity index (χ0) is 20.6. The molecule has 3 aromatic rings. The van der Waals surface area contributed by atoms with Crippen molar-refractivity contribution >= 4 is 28.6 Å². The Morgan fingerprint density at radius 2 is 1.73 bits per heavy atom. The van der Waals surface area contributed by atoms with Crippen LogP contribution in [0.3, 0.4) is 0 Å². The fraction of sp³-hybridized carbons (Fsp3) is 0.333. The number of hydrogen-bond donors (Lipinski definition) is 0. The van der Waals surface area contributed by atoms with Gasteiger partial charge in [-0.2, -0.15) is 0 Å². The topological polar surface area (TPSA) is 51.7 Å². The van der Waals surface area contributed by atoms with Crippen LogP contribution in [-0.2, 0) is 9.47 Å². The van der Waals surface area contributed by atoms with Crippen LogP contribution in [0.1, 0.15) is 28.8 Å². The van der Waals surface area contributed by atoms with Crippen molar-refractivity contribution in [2.45, 2.75) is 35.5 Å². The van der Waals surface area contributed by atoms with E-state index in [0.717, 1.165) is 20.8 Å². The van der Waals surface area contributed by atoms with Crippen molar-refractivity contribution in [2.24, 2.45) is 0 Å². The highest BCUT2D eigenvalue weighted by molar-refractivity contribution is 7.99. The lowest BCUT2D eigenvalue weighted by molar-refractivity contribution is -0.181. The first-order valence-corrected chi connectivity index (χ1v) is 11.2. The average molecular weight is 421 g/mol. The van der Waals surface area contributed by atoms with Gasteiger partial charge in [-0.05, 0) is 31.2 Å². The van der Waals surface area contributed by atoms with Crippen LogP contribution in [0.25, 0.3) is 10.9 Å². The SMILES string of the molecule is Cc1ccc(Sc2cc(C(=O)N3CCC4(CC3)OCCO4)c3ccccc3n2)cc1. The largest absolute Gasteiger partial charge is 0.347 e. The van der Waals surface area contributed by atoms with Crippen LogP contribution in [0.5, 0.6) is 0 Å². The second-order valence-electron chi connectivity index (χ2n) is 7.84. The quantitative estimate of drug-likeness (QED) is 0.616. The van der Waals surface area contributed by atoms with Gasteiger partial charge in [0.15, 0.2) is 5.79 Å². The molecule has 2 aliphatic heterocycles. The summed E-state index contributed by atoms with van der Waals surface area (Å²) < 4.78 is 11.6. The van der Waals surface area contributed by atoms with Crippen molar-refractivity contribution < 1.29 is 14.3 Å². The fourth-order valence-corrected chi connectivity index (χ4v) is 4.95. The monoisotopic (exact) mass is 420 g/mol. The number of carbonyl (C=O) groups excluding carboxylic acids is 1. The third-order valence-corrected chi connectivity index (χ3v) is 6.72. The lowest BCUT2D eigenvalue weighted by Gasteiger charge is -2.37. The van der Waals surface area contributed by atoms with Crippen LogP contribution in [0.15, 0.2) is 64.5 Å². The molecule has 2 fully saturated rings. The molecule has 0 N–H and O–H groups in total. The summed E-state index contributed by atoms with van der Waals surface area (Å²) in [5, 5.41) is 1.72. The Morgan fingerprint density at radius 1 is 1.03 bits per heavy atom. The lowest BCUT2D eigenvalue weighted by atomic mass is 10.0. The van der Waals surface area contributed by atoms with E-state index in [2.05, 4.69) is 31.2 Å². The van der Waals surface area contributed by atoms with Gasteiger partial charge in [-0.25, -0.2) is 4.98 Å². The molecule has 0 atom stereocenters. The van der Waals surface area contributed by atoms with E-state index >= 15 is 0 Å². The fourth-order valence-electron chi connectivity index (χ4n) is 4.11. The molecule has 1 amide bonds. The second kappa shape index (κ2) is 8.02. The molecular formula is C24H24N2O3S. The molecule has 0 bridgehead atoms. The maximum absolute atomic E-state index is 13.5. The minimum absolute atomic E-state index is 0.0483. The van der Waals surface area contributed by atoms with Gasteiger partial charge in [0.05, 0.1) is 24.3 Å². The van der Waals surface area contributed by atoms with Crippen molar-refractivity contribution in [1.29, 1.82) is 0 Å². The summed E-state index contributed by atoms with van der Waals surface area (Å²) in [6.45, 7) is 4.63. The van der Waals surface area contributed by atoms with Crippen molar-refractivity contribution in [3.05, 3.63) is 65.7 Å². The smallest absolute Gasteiger partial charge is 0.254 e. The molecular weight excluding hydrogens is 396 g/mol. The predicted molar refractivity (Wildman–Crippen MR) is 117 cm³/mol. The van der Waals surface area contributed by atoms with Gasteiger partial charge < -0.3 is 14.4 Å². The number of para-hydroxylation sites is 1. The number of nitrogens with zero attached hydrogens (tertiary/aromatic N) is 2. The lowest BCUT2D eigenvalue weighted by Crippen LogP contribution is -2.47. The van der Waals surface area contributed by atoms with E-state index in [1.165, 1.54) is 5.56 Å². The van der Waals surface area contributed by atoms with Crippen LogP contribution < -0.4 is 0 Å². The zero-order valence-corrected chi connectivity index (χ0v) is 17.8. The summed E-state index contributed by atoms with van der Waals surface area (Å²) in [4.78, 5) is 21.3. The molecule has 0 radical (unpaired) electrons. The van der Waals surface area contributed by atoms with Crippen molar-refractivity contribution in [3.63, 3.8) is 0 Å². The Hall–Kier alpha value is -2.41. The molecule has 5 rings (SSSR count). The predicted octanol–water partition coefficient (Wildman–Crippen LogP) is 4.67. The van der Waals surface area contributed by atoms with Crippen molar-refractivity contribution in [3.8, 4) is 0 Å². The number of amides is 1. The Kier molecular flexibility index (Phi) is 5.23. The number of benzene rings is 2. The summed E-state index contributed by atoms with van der Waals surface area (Å²) in [5.41, 5.74) is 2.77. The molecule has 1 aromatic heterocycles. The van der Waals surface area contributed by atoms with Gasteiger partial charge >= 0.3 is 0 Å². The number of fused-ring (bicyclic) bond motifs is 1. The molecule has 6 heteroatoms. The molecule has 5 nitrogen and oxygen atoms in total. The van der Waals surface area contributed by atoms with E-state index in [1.54, 1.807) is 11.8 Å². The summed E-state index contributed by atoms with van der Waals surface area (Å²) in [7, 11) is 0. The first kappa shape index (κ1) is 19.5. The number of rotatable bonds is 3. The van der Waals surface area contributed by atoms with E-state index in [0.29, 0.717) is 44.7 Å². The Morgan fingerprint density at radius 3 is 2.47 bits per heavy atom. The zero-order valence-electron chi connectivity index (χ0n) is 17.0. The number of piperidine rings is 1. The standard InChI is InChI=1S/C24H24N2O3S/c1-17-6-8-18(9-7-17)30-22-16-20(19-4-2-3-5-21(19)25-22)23(27)26-12-10-24(11-13-26)28-14-15-29-24/h2-9,16H,10-15H2,1H3. The van der Waals surface area contributed by atoms with Gasteiger partial charge in [0.25, 0.3) is 5.91 Å². The van der Waals surface area contributed by atoms with Crippen LogP contribution >= 0.6 is 11.8 Å². The maximum atomic E-state index is 13.5. The van der Waals surface area contributed by atoms with E-state index in [1.807, 2.05) is 35.2 Å². The number of likely N-dealkylation sites (tertiary alicyclic amines) is 1. The molecule has 2 aliphatic rings. The van der Waals surface area contributed by atoms with E-state index in [9.17, 15) is 4.79 Å². The first-order chi connectivity index (χ1) is 14.6. The third-order valence-electron chi connectivity index (χ3n) is 5.79. The first-order valence-electron chi connectivity index (χ1n) is 10.3. The van der Waals surface area contributed by atoms with Gasteiger partial charge in [-0.15, -0.1) is 0 Å². The number of pyridine rings is 1. The van der Waals surface area contributed by atoms with Crippen LogP contribution in [0.4, 0.5) is 0 Å². The average Bonchev–Trinajstić information content (AvgIpc) is 3.23. The van der Waals surface area contributed by atoms with Crippen molar-refractivity contribution in [1.82, 2.24) is 9.88 Å². The molecule has 2 aromatic carbocycles. The molecule has 2 saturated heterocycles. The Balaban J connectivity index is 1.43. The van der Waals surface area contributed by atoms with E-state index in [4.69, 9.17) is 14.5 Å². The highest BCUT2D eigenvalue weighted by Gasteiger charge is 2.41. The van der Waals surface area contributed by atoms with Crippen molar-refractivity contribution in [2.75, 3.05) is 26.3 Å². The minimum atomic E-state index is -0.483. The Labute approximate surface area is 180 Å². The number of aryl methyl sites for hydroxylation is 1. The van der Waals surface area contributed by atoms with Crippen LogP contribution in [0, 0.1) is 6.92 Å². The van der Waals surface area contributed by atoms with Gasteiger partial charge in [0.2, 0.25) is 0 Å². The molecule has 1 spiro atoms. The molecule has 30 heavy (non-hydrogen) atoms.